The zero-order valence-electron chi connectivity index (χ0n) is 9.26. The normalized spacial score (nSPS) is 11.5. The predicted molar refractivity (Wildman–Crippen MR) is 58.3 cm³/mol. The zero-order valence-corrected chi connectivity index (χ0v) is 9.26. The SMILES string of the molecule is Cc1cnc(C)c(NCC(C)(C)N)n1. The molecule has 4 heteroatoms. The molecular formula is C10H18N4. The van der Waals surface area contributed by atoms with Crippen molar-refractivity contribution in [2.75, 3.05) is 11.9 Å². The first-order valence-electron chi connectivity index (χ1n) is 4.71. The minimum absolute atomic E-state index is 0.238. The largest absolute Gasteiger partial charge is 0.367 e. The first kappa shape index (κ1) is 10.9. The van der Waals surface area contributed by atoms with Crippen molar-refractivity contribution in [2.45, 2.75) is 33.2 Å². The Morgan fingerprint density at radius 1 is 1.43 bits per heavy atom. The van der Waals surface area contributed by atoms with E-state index in [1.165, 1.54) is 0 Å². The Morgan fingerprint density at radius 3 is 2.64 bits per heavy atom. The highest BCUT2D eigenvalue weighted by molar-refractivity contribution is 5.39. The summed E-state index contributed by atoms with van der Waals surface area (Å²) >= 11 is 0. The summed E-state index contributed by atoms with van der Waals surface area (Å²) in [7, 11) is 0. The summed E-state index contributed by atoms with van der Waals surface area (Å²) in [6.45, 7) is 8.48. The van der Waals surface area contributed by atoms with Crippen LogP contribution in [0, 0.1) is 13.8 Å². The van der Waals surface area contributed by atoms with Crippen LogP contribution in [-0.4, -0.2) is 22.1 Å². The summed E-state index contributed by atoms with van der Waals surface area (Å²) in [6.07, 6.45) is 1.76. The van der Waals surface area contributed by atoms with Gasteiger partial charge in [-0.15, -0.1) is 0 Å². The third kappa shape index (κ3) is 3.30. The van der Waals surface area contributed by atoms with Crippen molar-refractivity contribution in [3.63, 3.8) is 0 Å². The minimum atomic E-state index is -0.238. The molecule has 0 aliphatic rings. The van der Waals surface area contributed by atoms with Crippen molar-refractivity contribution in [2.24, 2.45) is 5.73 Å². The molecule has 0 unspecified atom stereocenters. The average molecular weight is 194 g/mol. The number of aromatic nitrogens is 2. The second kappa shape index (κ2) is 3.92. The summed E-state index contributed by atoms with van der Waals surface area (Å²) in [4.78, 5) is 8.56. The lowest BCUT2D eigenvalue weighted by Gasteiger charge is -2.19. The topological polar surface area (TPSA) is 63.8 Å². The smallest absolute Gasteiger partial charge is 0.147 e. The maximum atomic E-state index is 5.86. The van der Waals surface area contributed by atoms with Crippen LogP contribution < -0.4 is 11.1 Å². The summed E-state index contributed by atoms with van der Waals surface area (Å²) in [5, 5.41) is 3.20. The molecule has 1 rings (SSSR count). The van der Waals surface area contributed by atoms with Gasteiger partial charge >= 0.3 is 0 Å². The lowest BCUT2D eigenvalue weighted by molar-refractivity contribution is 0.548. The van der Waals surface area contributed by atoms with Gasteiger partial charge in [-0.05, 0) is 27.7 Å². The standard InChI is InChI=1S/C10H18N4/c1-7-5-12-8(2)9(14-7)13-6-10(3,4)11/h5H,6,11H2,1-4H3,(H,13,14). The van der Waals surface area contributed by atoms with Gasteiger partial charge in [0, 0.05) is 18.3 Å². The molecule has 4 nitrogen and oxygen atoms in total. The Bertz CT molecular complexity index is 314. The summed E-state index contributed by atoms with van der Waals surface area (Å²) < 4.78 is 0. The first-order chi connectivity index (χ1) is 6.38. The molecule has 1 aromatic heterocycles. The monoisotopic (exact) mass is 194 g/mol. The molecule has 0 aliphatic heterocycles. The van der Waals surface area contributed by atoms with E-state index in [0.29, 0.717) is 6.54 Å². The molecule has 0 atom stereocenters. The fraction of sp³-hybridized carbons (Fsp3) is 0.600. The summed E-state index contributed by atoms with van der Waals surface area (Å²) in [5.41, 5.74) is 7.44. The van der Waals surface area contributed by atoms with E-state index in [-0.39, 0.29) is 5.54 Å². The molecule has 0 fully saturated rings. The van der Waals surface area contributed by atoms with E-state index in [9.17, 15) is 0 Å². The zero-order chi connectivity index (χ0) is 10.8. The van der Waals surface area contributed by atoms with Gasteiger partial charge in [-0.25, -0.2) is 4.98 Å². The molecule has 0 radical (unpaired) electrons. The van der Waals surface area contributed by atoms with Crippen LogP contribution in [-0.2, 0) is 0 Å². The summed E-state index contributed by atoms with van der Waals surface area (Å²) in [5.74, 6) is 0.823. The van der Waals surface area contributed by atoms with Crippen LogP contribution in [0.1, 0.15) is 25.2 Å². The minimum Gasteiger partial charge on any atom is -0.367 e. The fourth-order valence-corrected chi connectivity index (χ4v) is 1.02. The van der Waals surface area contributed by atoms with Crippen molar-refractivity contribution in [1.82, 2.24) is 9.97 Å². The van der Waals surface area contributed by atoms with E-state index in [1.54, 1.807) is 6.20 Å². The van der Waals surface area contributed by atoms with E-state index in [4.69, 9.17) is 5.73 Å². The first-order valence-corrected chi connectivity index (χ1v) is 4.71. The Labute approximate surface area is 85.0 Å². The van der Waals surface area contributed by atoms with Crippen LogP contribution in [0.4, 0.5) is 5.82 Å². The van der Waals surface area contributed by atoms with E-state index < -0.39 is 0 Å². The molecule has 0 aliphatic carbocycles. The van der Waals surface area contributed by atoms with E-state index in [0.717, 1.165) is 17.2 Å². The molecule has 3 N–H and O–H groups in total. The van der Waals surface area contributed by atoms with Crippen molar-refractivity contribution in [3.8, 4) is 0 Å². The van der Waals surface area contributed by atoms with E-state index in [2.05, 4.69) is 15.3 Å². The van der Waals surface area contributed by atoms with Gasteiger partial charge in [0.05, 0.1) is 11.4 Å². The molecule has 0 spiro atoms. The number of nitrogens with two attached hydrogens (primary N) is 1. The number of hydrogen-bond acceptors (Lipinski definition) is 4. The van der Waals surface area contributed by atoms with Gasteiger partial charge in [-0.2, -0.15) is 0 Å². The molecule has 0 aromatic carbocycles. The molecule has 0 saturated heterocycles. The van der Waals surface area contributed by atoms with Crippen LogP contribution in [0.25, 0.3) is 0 Å². The predicted octanol–water partition coefficient (Wildman–Crippen LogP) is 1.24. The summed E-state index contributed by atoms with van der Waals surface area (Å²) in [6, 6.07) is 0. The van der Waals surface area contributed by atoms with Gasteiger partial charge in [-0.1, -0.05) is 0 Å². The van der Waals surface area contributed by atoms with Crippen LogP contribution in [0.15, 0.2) is 6.20 Å². The number of rotatable bonds is 3. The number of nitrogens with one attached hydrogen (secondary N) is 1. The van der Waals surface area contributed by atoms with Gasteiger partial charge in [0.1, 0.15) is 5.82 Å². The van der Waals surface area contributed by atoms with Crippen LogP contribution in [0.3, 0.4) is 0 Å². The average Bonchev–Trinajstić information content (AvgIpc) is 2.05. The second-order valence-corrected chi connectivity index (χ2v) is 4.29. The highest BCUT2D eigenvalue weighted by Crippen LogP contribution is 2.09. The van der Waals surface area contributed by atoms with Crippen molar-refractivity contribution < 1.29 is 0 Å². The number of anilines is 1. The van der Waals surface area contributed by atoms with Gasteiger partial charge in [-0.3, -0.25) is 4.98 Å². The van der Waals surface area contributed by atoms with Gasteiger partial charge in [0.2, 0.25) is 0 Å². The fourth-order valence-electron chi connectivity index (χ4n) is 1.02. The molecular weight excluding hydrogens is 176 g/mol. The van der Waals surface area contributed by atoms with Gasteiger partial charge in [0.15, 0.2) is 0 Å². The number of hydrogen-bond donors (Lipinski definition) is 2. The third-order valence-electron chi connectivity index (χ3n) is 1.79. The molecule has 0 bridgehead atoms. The highest BCUT2D eigenvalue weighted by atomic mass is 15.0. The van der Waals surface area contributed by atoms with E-state index >= 15 is 0 Å². The molecule has 14 heavy (non-hydrogen) atoms. The van der Waals surface area contributed by atoms with Crippen molar-refractivity contribution >= 4 is 5.82 Å². The van der Waals surface area contributed by atoms with Crippen molar-refractivity contribution in [1.29, 1.82) is 0 Å². The van der Waals surface area contributed by atoms with Gasteiger partial charge < -0.3 is 11.1 Å². The number of nitrogens with zero attached hydrogens (tertiary/aromatic N) is 2. The molecule has 0 amide bonds. The van der Waals surface area contributed by atoms with Crippen LogP contribution >= 0.6 is 0 Å². The Morgan fingerprint density at radius 2 is 2.07 bits per heavy atom. The molecule has 1 aromatic rings. The highest BCUT2D eigenvalue weighted by Gasteiger charge is 2.11. The van der Waals surface area contributed by atoms with E-state index in [1.807, 2.05) is 27.7 Å². The lowest BCUT2D eigenvalue weighted by atomic mass is 10.1. The molecule has 0 saturated carbocycles. The molecule has 1 heterocycles. The second-order valence-electron chi connectivity index (χ2n) is 4.29. The maximum Gasteiger partial charge on any atom is 0.147 e. The quantitative estimate of drug-likeness (QED) is 0.760. The van der Waals surface area contributed by atoms with Crippen LogP contribution in [0.2, 0.25) is 0 Å². The molecule has 78 valence electrons. The lowest BCUT2D eigenvalue weighted by Crippen LogP contribution is -2.40. The third-order valence-corrected chi connectivity index (χ3v) is 1.79. The Hall–Kier alpha value is -1.16. The Kier molecular flexibility index (Phi) is 3.06. The van der Waals surface area contributed by atoms with Crippen molar-refractivity contribution in [3.05, 3.63) is 17.6 Å². The number of aryl methyl sites for hydroxylation is 2. The maximum absolute atomic E-state index is 5.86. The van der Waals surface area contributed by atoms with Gasteiger partial charge in [0.25, 0.3) is 0 Å². The van der Waals surface area contributed by atoms with Crippen LogP contribution in [0.5, 0.6) is 0 Å². The Balaban J connectivity index is 2.72.